The zero-order valence-electron chi connectivity index (χ0n) is 16.7. The average Bonchev–Trinajstić information content (AvgIpc) is 3.35. The number of rotatable bonds is 6. The lowest BCUT2D eigenvalue weighted by Gasteiger charge is -2.19. The molecule has 0 aliphatic carbocycles. The Morgan fingerprint density at radius 3 is 2.42 bits per heavy atom. The van der Waals surface area contributed by atoms with Crippen molar-refractivity contribution in [3.8, 4) is 17.2 Å². The van der Waals surface area contributed by atoms with Gasteiger partial charge in [0, 0.05) is 40.6 Å². The second-order valence-electron chi connectivity index (χ2n) is 6.96. The maximum atomic E-state index is 14.5. The Balaban J connectivity index is 1.53. The molecule has 13 heteroatoms. The van der Waals surface area contributed by atoms with Crippen LogP contribution in [-0.2, 0) is 4.79 Å². The first-order valence-corrected chi connectivity index (χ1v) is 10.2. The highest BCUT2D eigenvalue weighted by molar-refractivity contribution is 8.00. The third kappa shape index (κ3) is 5.02. The maximum Gasteiger partial charge on any atom is 0.446 e. The first-order valence-electron chi connectivity index (χ1n) is 9.41. The summed E-state index contributed by atoms with van der Waals surface area (Å²) in [6.45, 7) is -0.0317. The highest BCUT2D eigenvalue weighted by Gasteiger charge is 2.40. The zero-order chi connectivity index (χ0) is 23.8. The van der Waals surface area contributed by atoms with E-state index >= 15 is 0 Å². The fourth-order valence-electron chi connectivity index (χ4n) is 3.42. The summed E-state index contributed by atoms with van der Waals surface area (Å²) in [5, 5.41) is 12.8. The number of benzene rings is 2. The molecular formula is C20H15F5N4O3S. The predicted molar refractivity (Wildman–Crippen MR) is 108 cm³/mol. The number of halogens is 5. The van der Waals surface area contributed by atoms with Crippen LogP contribution in [0.15, 0.2) is 45.7 Å². The molecule has 0 bridgehead atoms. The smallest absolute Gasteiger partial charge is 0.446 e. The largest absolute Gasteiger partial charge is 0.497 e. The topological polar surface area (TPSA) is 89.3 Å². The van der Waals surface area contributed by atoms with Gasteiger partial charge in [0.05, 0.1) is 7.11 Å². The van der Waals surface area contributed by atoms with Crippen molar-refractivity contribution in [3.05, 3.63) is 53.6 Å². The van der Waals surface area contributed by atoms with Crippen LogP contribution in [0.3, 0.4) is 0 Å². The van der Waals surface area contributed by atoms with Gasteiger partial charge < -0.3 is 19.8 Å². The Hall–Kier alpha value is -3.35. The lowest BCUT2D eigenvalue weighted by atomic mass is 9.93. The number of hydrogen-bond acceptors (Lipinski definition) is 7. The summed E-state index contributed by atoms with van der Waals surface area (Å²) >= 11 is -0.259. The minimum atomic E-state index is -4.41. The Bertz CT molecular complexity index is 1150. The lowest BCUT2D eigenvalue weighted by Crippen LogP contribution is -2.33. The van der Waals surface area contributed by atoms with Gasteiger partial charge in [-0.2, -0.15) is 13.2 Å². The van der Waals surface area contributed by atoms with Crippen molar-refractivity contribution in [3.63, 3.8) is 0 Å². The average molecular weight is 486 g/mol. The van der Waals surface area contributed by atoms with E-state index < -0.39 is 35.0 Å². The van der Waals surface area contributed by atoms with E-state index in [2.05, 4.69) is 20.8 Å². The second kappa shape index (κ2) is 8.89. The van der Waals surface area contributed by atoms with Gasteiger partial charge in [-0.25, -0.2) is 8.78 Å². The number of aromatic nitrogens is 2. The Morgan fingerprint density at radius 2 is 1.82 bits per heavy atom. The third-order valence-corrected chi connectivity index (χ3v) is 5.62. The summed E-state index contributed by atoms with van der Waals surface area (Å²) in [5.74, 6) is -3.21. The molecule has 4 rings (SSSR count). The van der Waals surface area contributed by atoms with Crippen molar-refractivity contribution in [2.45, 2.75) is 22.4 Å². The number of carbonyl (C=O) groups excluding carboxylic acids is 1. The van der Waals surface area contributed by atoms with Crippen LogP contribution in [0, 0.1) is 11.6 Å². The van der Waals surface area contributed by atoms with Crippen LogP contribution in [0.5, 0.6) is 5.75 Å². The molecule has 1 amide bonds. The number of carbonyl (C=O) groups is 1. The molecule has 174 valence electrons. The van der Waals surface area contributed by atoms with E-state index in [4.69, 9.17) is 9.15 Å². The van der Waals surface area contributed by atoms with E-state index in [1.807, 2.05) is 0 Å². The van der Waals surface area contributed by atoms with Gasteiger partial charge in [-0.15, -0.1) is 5.10 Å². The molecule has 1 fully saturated rings. The standard InChI is InChI=1S/C20H15F5N4O3S/c1-31-10-6-13(21)15(14(22)7-10)12-8-26-17(30)16(12)27-19-29-28-18(32-19)9-2-4-11(5-3-9)33-20(23,24)25/h2-7,12,16H,8H2,1H3,(H,26,30)(H,27,29). The molecule has 2 atom stereocenters. The summed E-state index contributed by atoms with van der Waals surface area (Å²) in [7, 11) is 1.27. The monoisotopic (exact) mass is 486 g/mol. The predicted octanol–water partition coefficient (Wildman–Crippen LogP) is 4.33. The van der Waals surface area contributed by atoms with Crippen LogP contribution in [-0.4, -0.2) is 41.3 Å². The molecule has 33 heavy (non-hydrogen) atoms. The summed E-state index contributed by atoms with van der Waals surface area (Å²) in [4.78, 5) is 12.3. The molecule has 2 unspecified atom stereocenters. The van der Waals surface area contributed by atoms with Crippen molar-refractivity contribution in [1.82, 2.24) is 15.5 Å². The highest BCUT2D eigenvalue weighted by Crippen LogP contribution is 2.37. The quantitative estimate of drug-likeness (QED) is 0.396. The van der Waals surface area contributed by atoms with Crippen molar-refractivity contribution in [2.24, 2.45) is 0 Å². The van der Waals surface area contributed by atoms with E-state index in [1.54, 1.807) is 0 Å². The van der Waals surface area contributed by atoms with Crippen LogP contribution in [0.4, 0.5) is 28.0 Å². The minimum absolute atomic E-state index is 0.00302. The zero-order valence-corrected chi connectivity index (χ0v) is 17.6. The van der Waals surface area contributed by atoms with Gasteiger partial charge in [0.1, 0.15) is 23.4 Å². The fourth-order valence-corrected chi connectivity index (χ4v) is 3.96. The van der Waals surface area contributed by atoms with Gasteiger partial charge >= 0.3 is 11.5 Å². The molecule has 2 aromatic carbocycles. The minimum Gasteiger partial charge on any atom is -0.497 e. The number of ether oxygens (including phenoxy) is 1. The van der Waals surface area contributed by atoms with Crippen LogP contribution in [0.2, 0.25) is 0 Å². The lowest BCUT2D eigenvalue weighted by molar-refractivity contribution is -0.119. The molecule has 2 N–H and O–H groups in total. The molecule has 1 aliphatic heterocycles. The van der Waals surface area contributed by atoms with Gasteiger partial charge in [-0.3, -0.25) is 4.79 Å². The Labute approximate surface area is 187 Å². The molecule has 1 aliphatic rings. The van der Waals surface area contributed by atoms with Gasteiger partial charge in [0.15, 0.2) is 0 Å². The van der Waals surface area contributed by atoms with E-state index in [9.17, 15) is 26.7 Å². The van der Waals surface area contributed by atoms with Gasteiger partial charge in [0.25, 0.3) is 0 Å². The van der Waals surface area contributed by atoms with Gasteiger partial charge in [-0.05, 0) is 36.0 Å². The number of anilines is 1. The normalized spacial score (nSPS) is 18.3. The Morgan fingerprint density at radius 1 is 1.15 bits per heavy atom. The number of nitrogens with one attached hydrogen (secondary N) is 2. The molecular weight excluding hydrogens is 471 g/mol. The fraction of sp³-hybridized carbons (Fsp3) is 0.250. The third-order valence-electron chi connectivity index (χ3n) is 4.88. The van der Waals surface area contributed by atoms with Crippen molar-refractivity contribution in [2.75, 3.05) is 19.0 Å². The summed E-state index contributed by atoms with van der Waals surface area (Å²) in [6.07, 6.45) is 0. The molecule has 0 saturated carbocycles. The summed E-state index contributed by atoms with van der Waals surface area (Å²) in [6, 6.07) is 5.98. The summed E-state index contributed by atoms with van der Waals surface area (Å²) < 4.78 is 76.8. The number of nitrogens with zero attached hydrogens (tertiary/aromatic N) is 2. The highest BCUT2D eigenvalue weighted by atomic mass is 32.2. The molecule has 7 nitrogen and oxygen atoms in total. The van der Waals surface area contributed by atoms with Crippen LogP contribution in [0.1, 0.15) is 11.5 Å². The molecule has 0 radical (unpaired) electrons. The number of thioether (sulfide) groups is 1. The van der Waals surface area contributed by atoms with E-state index in [1.165, 1.54) is 31.4 Å². The van der Waals surface area contributed by atoms with Crippen LogP contribution in [0.25, 0.3) is 11.5 Å². The van der Waals surface area contributed by atoms with Crippen LogP contribution >= 0.6 is 11.8 Å². The van der Waals surface area contributed by atoms with E-state index in [0.717, 1.165) is 12.1 Å². The maximum absolute atomic E-state index is 14.5. The van der Waals surface area contributed by atoms with Crippen molar-refractivity contribution < 1.29 is 35.9 Å². The molecule has 0 spiro atoms. The number of methoxy groups -OCH3 is 1. The number of hydrogen-bond donors (Lipinski definition) is 2. The van der Waals surface area contributed by atoms with E-state index in [-0.39, 0.29) is 46.4 Å². The molecule has 1 aromatic heterocycles. The first-order chi connectivity index (χ1) is 15.6. The van der Waals surface area contributed by atoms with Crippen molar-refractivity contribution >= 4 is 23.7 Å². The Kier molecular flexibility index (Phi) is 6.15. The molecule has 1 saturated heterocycles. The number of amides is 1. The van der Waals surface area contributed by atoms with E-state index in [0.29, 0.717) is 5.56 Å². The summed E-state index contributed by atoms with van der Waals surface area (Å²) in [5.41, 5.74) is -4.37. The SMILES string of the molecule is COc1cc(F)c(C2CNC(=O)C2Nc2nnc(-c3ccc(SC(F)(F)F)cc3)o2)c(F)c1. The van der Waals surface area contributed by atoms with Gasteiger partial charge in [0.2, 0.25) is 11.8 Å². The van der Waals surface area contributed by atoms with Gasteiger partial charge in [-0.1, -0.05) is 5.10 Å². The molecule has 2 heterocycles. The molecule has 3 aromatic rings. The number of alkyl halides is 3. The first kappa shape index (κ1) is 22.8. The van der Waals surface area contributed by atoms with Crippen molar-refractivity contribution in [1.29, 1.82) is 0 Å². The van der Waals surface area contributed by atoms with Crippen LogP contribution < -0.4 is 15.4 Å². The second-order valence-corrected chi connectivity index (χ2v) is 8.10.